The number of fused-ring (bicyclic) bond motifs is 1. The van der Waals surface area contributed by atoms with E-state index in [2.05, 4.69) is 0 Å². The van der Waals surface area contributed by atoms with Crippen LogP contribution in [-0.2, 0) is 14.8 Å². The lowest BCUT2D eigenvalue weighted by molar-refractivity contribution is 0.0325. The molecule has 0 spiro atoms. The summed E-state index contributed by atoms with van der Waals surface area (Å²) in [7, 11) is -3.75. The van der Waals surface area contributed by atoms with Crippen LogP contribution < -0.4 is 4.31 Å². The third-order valence-corrected chi connectivity index (χ3v) is 5.88. The van der Waals surface area contributed by atoms with Gasteiger partial charge in [-0.3, -0.25) is 4.31 Å². The lowest BCUT2D eigenvalue weighted by Gasteiger charge is -2.29. The summed E-state index contributed by atoms with van der Waals surface area (Å²) in [6, 6.07) is 13.4. The number of aryl methyl sites for hydroxylation is 1. The predicted octanol–water partition coefficient (Wildman–Crippen LogP) is 3.14. The number of hydrogen-bond acceptors (Lipinski definition) is 4. The highest BCUT2D eigenvalue weighted by Gasteiger charge is 2.31. The molecule has 1 atom stereocenters. The first kappa shape index (κ1) is 16.5. The second kappa shape index (κ2) is 6.28. The summed E-state index contributed by atoms with van der Waals surface area (Å²) in [5, 5.41) is 0. The molecule has 24 heavy (non-hydrogen) atoms. The summed E-state index contributed by atoms with van der Waals surface area (Å²) in [6.45, 7) is 3.92. The number of nitrogens with zero attached hydrogens (tertiary/aromatic N) is 1. The number of sulfonamides is 1. The van der Waals surface area contributed by atoms with Crippen molar-refractivity contribution in [2.75, 3.05) is 10.8 Å². The van der Waals surface area contributed by atoms with Gasteiger partial charge in [0.25, 0.3) is 10.0 Å². The molecule has 126 valence electrons. The zero-order chi connectivity index (χ0) is 17.3. The molecule has 0 aliphatic carbocycles. The first-order valence-corrected chi connectivity index (χ1v) is 9.23. The molecule has 0 saturated heterocycles. The van der Waals surface area contributed by atoms with E-state index in [1.165, 1.54) is 4.31 Å². The van der Waals surface area contributed by atoms with Crippen LogP contribution in [0.1, 0.15) is 29.3 Å². The average molecular weight is 345 g/mol. The van der Waals surface area contributed by atoms with Crippen molar-refractivity contribution in [3.8, 4) is 0 Å². The number of esters is 1. The van der Waals surface area contributed by atoms with Crippen molar-refractivity contribution in [1.29, 1.82) is 0 Å². The van der Waals surface area contributed by atoms with Gasteiger partial charge >= 0.3 is 5.97 Å². The van der Waals surface area contributed by atoms with Gasteiger partial charge in [0.2, 0.25) is 0 Å². The Balaban J connectivity index is 2.13. The summed E-state index contributed by atoms with van der Waals surface area (Å²) in [5.41, 5.74) is 1.61. The van der Waals surface area contributed by atoms with Crippen molar-refractivity contribution in [3.05, 3.63) is 59.7 Å². The molecular formula is C18H19NO4S. The van der Waals surface area contributed by atoms with Gasteiger partial charge in [0, 0.05) is 13.0 Å². The number of carbonyl (C=O) groups is 1. The molecule has 1 unspecified atom stereocenters. The Kier molecular flexibility index (Phi) is 4.32. The number of benzene rings is 2. The molecule has 0 aromatic heterocycles. The van der Waals surface area contributed by atoms with Crippen molar-refractivity contribution in [1.82, 2.24) is 0 Å². The van der Waals surface area contributed by atoms with E-state index in [1.807, 2.05) is 6.92 Å². The Morgan fingerprint density at radius 3 is 2.46 bits per heavy atom. The van der Waals surface area contributed by atoms with Gasteiger partial charge in [0.05, 0.1) is 16.1 Å². The highest BCUT2D eigenvalue weighted by atomic mass is 32.2. The van der Waals surface area contributed by atoms with Crippen LogP contribution in [0.3, 0.4) is 0 Å². The third-order valence-electron chi connectivity index (χ3n) is 4.05. The Morgan fingerprint density at radius 1 is 1.08 bits per heavy atom. The number of hydrogen-bond donors (Lipinski definition) is 0. The SMILES string of the molecule is Cc1ccc(S(=O)(=O)N2CCC(C)OC(=O)c3ccccc32)cc1. The minimum absolute atomic E-state index is 0.212. The number of ether oxygens (including phenoxy) is 1. The Hall–Kier alpha value is -2.34. The molecule has 3 rings (SSSR count). The zero-order valence-electron chi connectivity index (χ0n) is 13.6. The standard InChI is InChI=1S/C18H19NO4S/c1-13-7-9-15(10-8-13)24(21,22)19-12-11-14(2)23-18(20)16-5-3-4-6-17(16)19/h3-10,14H,11-12H2,1-2H3. The van der Waals surface area contributed by atoms with Crippen LogP contribution in [-0.4, -0.2) is 27.0 Å². The topological polar surface area (TPSA) is 63.7 Å². The van der Waals surface area contributed by atoms with E-state index < -0.39 is 16.0 Å². The van der Waals surface area contributed by atoms with Crippen molar-refractivity contribution < 1.29 is 17.9 Å². The number of carbonyl (C=O) groups excluding carboxylic acids is 1. The number of para-hydroxylation sites is 1. The maximum atomic E-state index is 13.1. The van der Waals surface area contributed by atoms with Crippen LogP contribution >= 0.6 is 0 Å². The summed E-state index contributed by atoms with van der Waals surface area (Å²) >= 11 is 0. The normalized spacial score (nSPS) is 18.3. The van der Waals surface area contributed by atoms with E-state index in [9.17, 15) is 13.2 Å². The van der Waals surface area contributed by atoms with E-state index in [1.54, 1.807) is 55.5 Å². The molecule has 2 aromatic rings. The number of cyclic esters (lactones) is 1. The van der Waals surface area contributed by atoms with Crippen LogP contribution in [0.25, 0.3) is 0 Å². The molecule has 1 aliphatic rings. The summed E-state index contributed by atoms with van der Waals surface area (Å²) in [5.74, 6) is -0.498. The molecule has 0 fully saturated rings. The van der Waals surface area contributed by atoms with Crippen molar-refractivity contribution >= 4 is 21.7 Å². The zero-order valence-corrected chi connectivity index (χ0v) is 14.4. The molecule has 6 heteroatoms. The van der Waals surface area contributed by atoms with E-state index in [0.29, 0.717) is 12.1 Å². The molecule has 0 amide bonds. The van der Waals surface area contributed by atoms with Crippen LogP contribution in [0.4, 0.5) is 5.69 Å². The second-order valence-electron chi connectivity index (χ2n) is 5.91. The van der Waals surface area contributed by atoms with Crippen molar-refractivity contribution in [2.45, 2.75) is 31.3 Å². The minimum Gasteiger partial charge on any atom is -0.459 e. The average Bonchev–Trinajstić information content (AvgIpc) is 2.54. The van der Waals surface area contributed by atoms with Crippen LogP contribution in [0.15, 0.2) is 53.4 Å². The fourth-order valence-electron chi connectivity index (χ4n) is 2.68. The summed E-state index contributed by atoms with van der Waals surface area (Å²) in [4.78, 5) is 12.5. The van der Waals surface area contributed by atoms with Gasteiger partial charge in [-0.05, 0) is 38.1 Å². The smallest absolute Gasteiger partial charge is 0.340 e. The Labute approximate surface area is 141 Å². The van der Waals surface area contributed by atoms with Gasteiger partial charge in [-0.1, -0.05) is 29.8 Å². The molecule has 1 aliphatic heterocycles. The van der Waals surface area contributed by atoms with E-state index in [4.69, 9.17) is 4.74 Å². The van der Waals surface area contributed by atoms with Gasteiger partial charge in [-0.15, -0.1) is 0 Å². The van der Waals surface area contributed by atoms with Crippen LogP contribution in [0, 0.1) is 6.92 Å². The molecule has 2 aromatic carbocycles. The van der Waals surface area contributed by atoms with Crippen molar-refractivity contribution in [2.24, 2.45) is 0 Å². The first-order valence-electron chi connectivity index (χ1n) is 7.79. The fraction of sp³-hybridized carbons (Fsp3) is 0.278. The molecular weight excluding hydrogens is 326 g/mol. The Bertz CT molecular complexity index is 859. The van der Waals surface area contributed by atoms with E-state index in [0.717, 1.165) is 5.56 Å². The van der Waals surface area contributed by atoms with Crippen LogP contribution in [0.2, 0.25) is 0 Å². The van der Waals surface area contributed by atoms with E-state index in [-0.39, 0.29) is 23.1 Å². The molecule has 0 saturated carbocycles. The number of rotatable bonds is 2. The van der Waals surface area contributed by atoms with E-state index >= 15 is 0 Å². The molecule has 0 radical (unpaired) electrons. The van der Waals surface area contributed by atoms with Gasteiger partial charge in [-0.2, -0.15) is 0 Å². The second-order valence-corrected chi connectivity index (χ2v) is 7.77. The third kappa shape index (κ3) is 3.01. The number of anilines is 1. The first-order chi connectivity index (χ1) is 11.4. The molecule has 0 bridgehead atoms. The van der Waals surface area contributed by atoms with Gasteiger partial charge in [-0.25, -0.2) is 13.2 Å². The lowest BCUT2D eigenvalue weighted by Crippen LogP contribution is -2.37. The largest absolute Gasteiger partial charge is 0.459 e. The summed E-state index contributed by atoms with van der Waals surface area (Å²) < 4.78 is 32.9. The maximum Gasteiger partial charge on any atom is 0.340 e. The Morgan fingerprint density at radius 2 is 1.75 bits per heavy atom. The predicted molar refractivity (Wildman–Crippen MR) is 91.6 cm³/mol. The highest BCUT2D eigenvalue weighted by Crippen LogP contribution is 2.30. The molecule has 5 nitrogen and oxygen atoms in total. The van der Waals surface area contributed by atoms with Crippen molar-refractivity contribution in [3.63, 3.8) is 0 Å². The fourth-order valence-corrected chi connectivity index (χ4v) is 4.17. The maximum absolute atomic E-state index is 13.1. The van der Waals surface area contributed by atoms with Crippen LogP contribution in [0.5, 0.6) is 0 Å². The molecule has 1 heterocycles. The minimum atomic E-state index is -3.75. The lowest BCUT2D eigenvalue weighted by atomic mass is 10.1. The van der Waals surface area contributed by atoms with Gasteiger partial charge in [0.15, 0.2) is 0 Å². The van der Waals surface area contributed by atoms with Gasteiger partial charge in [0.1, 0.15) is 6.10 Å². The monoisotopic (exact) mass is 345 g/mol. The highest BCUT2D eigenvalue weighted by molar-refractivity contribution is 7.92. The summed E-state index contributed by atoms with van der Waals surface area (Å²) in [6.07, 6.45) is 0.0899. The quantitative estimate of drug-likeness (QED) is 0.785. The van der Waals surface area contributed by atoms with Gasteiger partial charge < -0.3 is 4.74 Å². The molecule has 0 N–H and O–H groups in total.